The van der Waals surface area contributed by atoms with Gasteiger partial charge in [0.05, 0.1) is 24.3 Å². The van der Waals surface area contributed by atoms with E-state index in [2.05, 4.69) is 15.3 Å². The Balaban J connectivity index is 1.38. The minimum Gasteiger partial charge on any atom is -0.481 e. The number of thiophene rings is 1. The molecule has 1 saturated carbocycles. The van der Waals surface area contributed by atoms with Crippen LogP contribution in [0.4, 0.5) is 5.13 Å². The van der Waals surface area contributed by atoms with Crippen molar-refractivity contribution in [2.75, 3.05) is 19.0 Å². The second-order valence-corrected chi connectivity index (χ2v) is 14.2. The van der Waals surface area contributed by atoms with Crippen LogP contribution in [0, 0.1) is 5.92 Å². The van der Waals surface area contributed by atoms with Crippen LogP contribution in [0.1, 0.15) is 54.9 Å². The molecule has 1 unspecified atom stereocenters. The Morgan fingerprint density at radius 3 is 2.55 bits per heavy atom. The first-order valence-electron chi connectivity index (χ1n) is 13.7. The molecular formula is C29H32N4O6S3. The summed E-state index contributed by atoms with van der Waals surface area (Å²) >= 11 is 2.68. The van der Waals surface area contributed by atoms with Gasteiger partial charge in [0.25, 0.3) is 0 Å². The van der Waals surface area contributed by atoms with Crippen molar-refractivity contribution in [1.82, 2.24) is 14.3 Å². The van der Waals surface area contributed by atoms with Crippen LogP contribution in [-0.2, 0) is 26.2 Å². The summed E-state index contributed by atoms with van der Waals surface area (Å²) in [5.41, 5.74) is 1.38. The smallest absolute Gasteiger partial charge is 0.304 e. The standard InChI is InChI=1S/C29H32N4O6S3/c1-39-25-13-12-24-28(31-25)41-29(30-24)32-27(36)23(17-19-5-2-3-6-19)20-8-10-22(11-9-20)42(37,38)33(15-14-26(34)35)18-21-7-4-16-40-21/h4,7-13,16,19,23H,2-3,5-6,14-15,17-18H2,1H3,(H,34,35)(H,30,32,36). The second-order valence-electron chi connectivity index (χ2n) is 10.3. The molecule has 1 aromatic carbocycles. The first-order valence-corrected chi connectivity index (χ1v) is 16.8. The zero-order valence-electron chi connectivity index (χ0n) is 23.1. The molecule has 3 aromatic heterocycles. The molecule has 13 heteroatoms. The Labute approximate surface area is 252 Å². The van der Waals surface area contributed by atoms with Gasteiger partial charge in [-0.1, -0.05) is 55.2 Å². The quantitative estimate of drug-likeness (QED) is 0.191. The number of aromatic nitrogens is 2. The number of methoxy groups -OCH3 is 1. The number of sulfonamides is 1. The minimum absolute atomic E-state index is 0.0550. The van der Waals surface area contributed by atoms with Crippen molar-refractivity contribution >= 4 is 60.1 Å². The van der Waals surface area contributed by atoms with Gasteiger partial charge in [-0.05, 0) is 47.5 Å². The molecule has 4 aromatic rings. The molecule has 5 rings (SSSR count). The third kappa shape index (κ3) is 7.14. The van der Waals surface area contributed by atoms with Crippen LogP contribution in [0.5, 0.6) is 5.88 Å². The number of carbonyl (C=O) groups excluding carboxylic acids is 1. The lowest BCUT2D eigenvalue weighted by atomic mass is 9.87. The molecule has 0 saturated heterocycles. The molecule has 1 atom stereocenters. The molecular weight excluding hydrogens is 597 g/mol. The van der Waals surface area contributed by atoms with E-state index < -0.39 is 21.9 Å². The number of carbonyl (C=O) groups is 2. The van der Waals surface area contributed by atoms with Crippen LogP contribution in [0.3, 0.4) is 0 Å². The average molecular weight is 629 g/mol. The minimum atomic E-state index is -3.98. The first kappa shape index (κ1) is 30.1. The van der Waals surface area contributed by atoms with E-state index in [9.17, 15) is 23.1 Å². The fourth-order valence-corrected chi connectivity index (χ4v) is 8.29. The van der Waals surface area contributed by atoms with E-state index in [0.29, 0.717) is 33.7 Å². The van der Waals surface area contributed by atoms with E-state index in [1.54, 1.807) is 31.4 Å². The maximum Gasteiger partial charge on any atom is 0.304 e. The van der Waals surface area contributed by atoms with E-state index in [-0.39, 0.29) is 30.3 Å². The summed E-state index contributed by atoms with van der Waals surface area (Å²) in [6.07, 6.45) is 4.74. The van der Waals surface area contributed by atoms with Gasteiger partial charge in [-0.3, -0.25) is 9.59 Å². The number of pyridine rings is 1. The highest BCUT2D eigenvalue weighted by atomic mass is 32.2. The van der Waals surface area contributed by atoms with Crippen molar-refractivity contribution < 1.29 is 27.9 Å². The number of ether oxygens (including phenoxy) is 1. The van der Waals surface area contributed by atoms with Crippen LogP contribution < -0.4 is 10.1 Å². The molecule has 42 heavy (non-hydrogen) atoms. The maximum absolute atomic E-state index is 13.6. The number of carboxylic acids is 1. The lowest BCUT2D eigenvalue weighted by molar-refractivity contribution is -0.137. The van der Waals surface area contributed by atoms with E-state index in [4.69, 9.17) is 4.74 Å². The fourth-order valence-electron chi connectivity index (χ4n) is 5.24. The van der Waals surface area contributed by atoms with Gasteiger partial charge in [0.2, 0.25) is 21.8 Å². The molecule has 0 aliphatic heterocycles. The molecule has 1 aliphatic carbocycles. The molecule has 0 bridgehead atoms. The molecule has 1 fully saturated rings. The van der Waals surface area contributed by atoms with Gasteiger partial charge < -0.3 is 15.2 Å². The van der Waals surface area contributed by atoms with E-state index >= 15 is 0 Å². The Morgan fingerprint density at radius 1 is 1.12 bits per heavy atom. The molecule has 3 heterocycles. The molecule has 0 spiro atoms. The lowest BCUT2D eigenvalue weighted by Crippen LogP contribution is -2.32. The zero-order valence-corrected chi connectivity index (χ0v) is 25.5. The van der Waals surface area contributed by atoms with Crippen molar-refractivity contribution in [3.63, 3.8) is 0 Å². The number of aliphatic carboxylic acids is 1. The van der Waals surface area contributed by atoms with Crippen molar-refractivity contribution in [3.05, 3.63) is 64.4 Å². The van der Waals surface area contributed by atoms with Gasteiger partial charge in [0, 0.05) is 24.0 Å². The van der Waals surface area contributed by atoms with Gasteiger partial charge in [-0.25, -0.2) is 18.4 Å². The van der Waals surface area contributed by atoms with Crippen LogP contribution in [0.25, 0.3) is 10.3 Å². The Kier molecular flexibility index (Phi) is 9.51. The van der Waals surface area contributed by atoms with Gasteiger partial charge in [-0.2, -0.15) is 4.31 Å². The topological polar surface area (TPSA) is 139 Å². The predicted molar refractivity (Wildman–Crippen MR) is 163 cm³/mol. The number of anilines is 1. The lowest BCUT2D eigenvalue weighted by Gasteiger charge is -2.22. The Morgan fingerprint density at radius 2 is 1.88 bits per heavy atom. The summed E-state index contributed by atoms with van der Waals surface area (Å²) < 4.78 is 33.5. The number of nitrogens with one attached hydrogen (secondary N) is 1. The van der Waals surface area contributed by atoms with Crippen LogP contribution in [-0.4, -0.2) is 53.3 Å². The highest BCUT2D eigenvalue weighted by molar-refractivity contribution is 7.89. The predicted octanol–water partition coefficient (Wildman–Crippen LogP) is 5.73. The molecule has 222 valence electrons. The maximum atomic E-state index is 13.6. The molecule has 0 radical (unpaired) electrons. The molecule has 10 nitrogen and oxygen atoms in total. The van der Waals surface area contributed by atoms with Crippen LogP contribution >= 0.6 is 22.7 Å². The van der Waals surface area contributed by atoms with Crippen molar-refractivity contribution in [3.8, 4) is 5.88 Å². The van der Waals surface area contributed by atoms with Crippen molar-refractivity contribution in [2.45, 2.75) is 55.9 Å². The van der Waals surface area contributed by atoms with Crippen LogP contribution in [0.2, 0.25) is 0 Å². The van der Waals surface area contributed by atoms with E-state index in [1.807, 2.05) is 17.5 Å². The molecule has 2 N–H and O–H groups in total. The number of fused-ring (bicyclic) bond motifs is 1. The largest absolute Gasteiger partial charge is 0.481 e. The SMILES string of the molecule is COc1ccc2nc(NC(=O)C(CC3CCCC3)c3ccc(S(=O)(=O)N(CCC(=O)O)Cc4cccs4)cc3)sc2n1. The highest BCUT2D eigenvalue weighted by Crippen LogP contribution is 2.36. The van der Waals surface area contributed by atoms with Gasteiger partial charge >= 0.3 is 5.97 Å². The number of amides is 1. The fraction of sp³-hybridized carbons (Fsp3) is 0.379. The van der Waals surface area contributed by atoms with Gasteiger partial charge in [0.1, 0.15) is 10.3 Å². The monoisotopic (exact) mass is 628 g/mol. The summed E-state index contributed by atoms with van der Waals surface area (Å²) in [7, 11) is -2.44. The third-order valence-electron chi connectivity index (χ3n) is 7.44. The summed E-state index contributed by atoms with van der Waals surface area (Å²) in [4.78, 5) is 35.3. The van der Waals surface area contributed by atoms with Crippen molar-refractivity contribution in [2.24, 2.45) is 5.92 Å². The highest BCUT2D eigenvalue weighted by Gasteiger charge is 2.30. The molecule has 1 aliphatic rings. The number of rotatable bonds is 13. The van der Waals surface area contributed by atoms with Gasteiger partial charge in [0.15, 0.2) is 5.13 Å². The van der Waals surface area contributed by atoms with Crippen LogP contribution in [0.15, 0.2) is 58.8 Å². The Bertz CT molecular complexity index is 1630. The van der Waals surface area contributed by atoms with E-state index in [1.165, 1.54) is 39.1 Å². The summed E-state index contributed by atoms with van der Waals surface area (Å²) in [5.74, 6) is -0.892. The number of nitrogens with zero attached hydrogens (tertiary/aromatic N) is 3. The van der Waals surface area contributed by atoms with Gasteiger partial charge in [-0.15, -0.1) is 11.3 Å². The number of carboxylic acid groups (broad SMARTS) is 1. The second kappa shape index (κ2) is 13.3. The third-order valence-corrected chi connectivity index (χ3v) is 11.0. The molecule has 1 amide bonds. The number of thiazole rings is 1. The Hall–Kier alpha value is -3.39. The number of benzene rings is 1. The summed E-state index contributed by atoms with van der Waals surface area (Å²) in [6, 6.07) is 13.6. The average Bonchev–Trinajstić information content (AvgIpc) is 3.76. The van der Waals surface area contributed by atoms with E-state index in [0.717, 1.165) is 36.1 Å². The normalized spacial score (nSPS) is 14.8. The first-order chi connectivity index (χ1) is 20.2. The zero-order chi connectivity index (χ0) is 29.7. The number of hydrogen-bond donors (Lipinski definition) is 2. The summed E-state index contributed by atoms with van der Waals surface area (Å²) in [5, 5.41) is 14.4. The number of hydrogen-bond acceptors (Lipinski definition) is 9. The summed E-state index contributed by atoms with van der Waals surface area (Å²) in [6.45, 7) is -0.0580. The van der Waals surface area contributed by atoms with Crippen molar-refractivity contribution in [1.29, 1.82) is 0 Å².